The minimum atomic E-state index is 0.237. The van der Waals surface area contributed by atoms with Crippen LogP contribution in [0.2, 0.25) is 10.0 Å². The van der Waals surface area contributed by atoms with Crippen LogP contribution >= 0.6 is 39.1 Å². The van der Waals surface area contributed by atoms with Crippen LogP contribution in [-0.4, -0.2) is 0 Å². The van der Waals surface area contributed by atoms with E-state index < -0.39 is 0 Å². The van der Waals surface area contributed by atoms with Crippen molar-refractivity contribution in [1.29, 1.82) is 0 Å². The standard InChI is InChI=1S/C15H14BrCl2N/c1-10(11-3-2-4-13(17)7-11)19-9-12-5-6-14(18)8-15(12)16/h2-8,10,19H,9H2,1H3/t10-/m0/s1. The summed E-state index contributed by atoms with van der Waals surface area (Å²) in [4.78, 5) is 0. The number of hydrogen-bond acceptors (Lipinski definition) is 1. The third-order valence-electron chi connectivity index (χ3n) is 2.96. The molecule has 2 aromatic carbocycles. The fraction of sp³-hybridized carbons (Fsp3) is 0.200. The summed E-state index contributed by atoms with van der Waals surface area (Å²) in [5.74, 6) is 0. The zero-order valence-corrected chi connectivity index (χ0v) is 13.6. The van der Waals surface area contributed by atoms with Gasteiger partial charge in [0.25, 0.3) is 0 Å². The van der Waals surface area contributed by atoms with Crippen molar-refractivity contribution in [1.82, 2.24) is 5.32 Å². The summed E-state index contributed by atoms with van der Waals surface area (Å²) in [6.45, 7) is 2.89. The molecule has 2 rings (SSSR count). The largest absolute Gasteiger partial charge is 0.306 e. The number of rotatable bonds is 4. The Morgan fingerprint density at radius 3 is 2.53 bits per heavy atom. The van der Waals surface area contributed by atoms with E-state index in [1.165, 1.54) is 11.1 Å². The molecule has 0 bridgehead atoms. The molecule has 19 heavy (non-hydrogen) atoms. The molecule has 0 aliphatic heterocycles. The van der Waals surface area contributed by atoms with Gasteiger partial charge in [-0.15, -0.1) is 0 Å². The highest BCUT2D eigenvalue weighted by molar-refractivity contribution is 9.10. The fourth-order valence-corrected chi connectivity index (χ4v) is 2.84. The van der Waals surface area contributed by atoms with Gasteiger partial charge in [0, 0.05) is 27.1 Å². The average Bonchev–Trinajstić information content (AvgIpc) is 2.37. The van der Waals surface area contributed by atoms with E-state index in [4.69, 9.17) is 23.2 Å². The number of hydrogen-bond donors (Lipinski definition) is 1. The summed E-state index contributed by atoms with van der Waals surface area (Å²) < 4.78 is 1.02. The van der Waals surface area contributed by atoms with Gasteiger partial charge >= 0.3 is 0 Å². The second kappa shape index (κ2) is 6.76. The molecule has 0 aliphatic carbocycles. The first kappa shape index (κ1) is 14.9. The lowest BCUT2D eigenvalue weighted by Gasteiger charge is -2.15. The van der Waals surface area contributed by atoms with Crippen LogP contribution < -0.4 is 5.32 Å². The topological polar surface area (TPSA) is 12.0 Å². The zero-order valence-electron chi connectivity index (χ0n) is 10.5. The van der Waals surface area contributed by atoms with Crippen LogP contribution in [0.25, 0.3) is 0 Å². The maximum atomic E-state index is 6.00. The van der Waals surface area contributed by atoms with Crippen LogP contribution in [0.15, 0.2) is 46.9 Å². The van der Waals surface area contributed by atoms with Gasteiger partial charge in [0.2, 0.25) is 0 Å². The summed E-state index contributed by atoms with van der Waals surface area (Å²) in [5, 5.41) is 4.97. The van der Waals surface area contributed by atoms with E-state index in [0.717, 1.165) is 21.1 Å². The normalized spacial score (nSPS) is 12.4. The Hall–Kier alpha value is -0.540. The first-order chi connectivity index (χ1) is 9.06. The molecule has 0 spiro atoms. The Balaban J connectivity index is 2.02. The maximum Gasteiger partial charge on any atom is 0.0417 e. The summed E-state index contributed by atoms with van der Waals surface area (Å²) in [6.07, 6.45) is 0. The van der Waals surface area contributed by atoms with Crippen molar-refractivity contribution in [2.75, 3.05) is 0 Å². The van der Waals surface area contributed by atoms with Gasteiger partial charge in [-0.2, -0.15) is 0 Å². The molecule has 0 saturated heterocycles. The van der Waals surface area contributed by atoms with E-state index in [1.54, 1.807) is 0 Å². The molecule has 4 heteroatoms. The summed E-state index contributed by atoms with van der Waals surface area (Å²) >= 11 is 15.4. The molecule has 0 heterocycles. The van der Waals surface area contributed by atoms with Crippen LogP contribution in [0.4, 0.5) is 0 Å². The molecule has 0 unspecified atom stereocenters. The van der Waals surface area contributed by atoms with Crippen molar-refractivity contribution >= 4 is 39.1 Å². The van der Waals surface area contributed by atoms with E-state index in [1.807, 2.05) is 36.4 Å². The van der Waals surface area contributed by atoms with Crippen molar-refractivity contribution < 1.29 is 0 Å². The summed E-state index contributed by atoms with van der Waals surface area (Å²) in [7, 11) is 0. The van der Waals surface area contributed by atoms with E-state index in [0.29, 0.717) is 0 Å². The molecule has 100 valence electrons. The molecule has 1 atom stereocenters. The number of halogens is 3. The monoisotopic (exact) mass is 357 g/mol. The molecule has 2 aromatic rings. The van der Waals surface area contributed by atoms with Crippen LogP contribution in [0.1, 0.15) is 24.1 Å². The van der Waals surface area contributed by atoms with Gasteiger partial charge in [0.15, 0.2) is 0 Å². The summed E-state index contributed by atoms with van der Waals surface area (Å²) in [6, 6.07) is 14.0. The first-order valence-electron chi connectivity index (χ1n) is 5.99. The van der Waals surface area contributed by atoms with Crippen LogP contribution in [0.3, 0.4) is 0 Å². The summed E-state index contributed by atoms with van der Waals surface area (Å²) in [5.41, 5.74) is 2.36. The lowest BCUT2D eigenvalue weighted by Crippen LogP contribution is -2.18. The van der Waals surface area contributed by atoms with Gasteiger partial charge in [-0.3, -0.25) is 0 Å². The van der Waals surface area contributed by atoms with E-state index in [-0.39, 0.29) is 6.04 Å². The zero-order chi connectivity index (χ0) is 13.8. The van der Waals surface area contributed by atoms with Crippen LogP contribution in [0.5, 0.6) is 0 Å². The van der Waals surface area contributed by atoms with Gasteiger partial charge in [-0.1, -0.05) is 57.3 Å². The molecule has 0 fully saturated rings. The van der Waals surface area contributed by atoms with Gasteiger partial charge < -0.3 is 5.32 Å². The quantitative estimate of drug-likeness (QED) is 0.749. The Morgan fingerprint density at radius 2 is 1.84 bits per heavy atom. The van der Waals surface area contributed by atoms with E-state index >= 15 is 0 Å². The van der Waals surface area contributed by atoms with Crippen LogP contribution in [-0.2, 0) is 6.54 Å². The van der Waals surface area contributed by atoms with Crippen molar-refractivity contribution in [3.05, 3.63) is 68.1 Å². The molecular formula is C15H14BrCl2N. The predicted octanol–water partition coefficient (Wildman–Crippen LogP) is 5.61. The molecule has 1 nitrogen and oxygen atoms in total. The highest BCUT2D eigenvalue weighted by Crippen LogP contribution is 2.23. The van der Waals surface area contributed by atoms with Crippen molar-refractivity contribution in [2.45, 2.75) is 19.5 Å². The van der Waals surface area contributed by atoms with Crippen molar-refractivity contribution in [3.63, 3.8) is 0 Å². The SMILES string of the molecule is C[C@H](NCc1ccc(Cl)cc1Br)c1cccc(Cl)c1. The fourth-order valence-electron chi connectivity index (χ4n) is 1.82. The lowest BCUT2D eigenvalue weighted by atomic mass is 10.1. The van der Waals surface area contributed by atoms with Gasteiger partial charge in [-0.05, 0) is 42.3 Å². The molecule has 0 radical (unpaired) electrons. The number of benzene rings is 2. The minimum absolute atomic E-state index is 0.237. The Labute approximate surface area is 132 Å². The third kappa shape index (κ3) is 4.22. The van der Waals surface area contributed by atoms with Gasteiger partial charge in [0.1, 0.15) is 0 Å². The predicted molar refractivity (Wildman–Crippen MR) is 85.9 cm³/mol. The molecule has 0 amide bonds. The average molecular weight is 359 g/mol. The molecule has 0 saturated carbocycles. The van der Waals surface area contributed by atoms with E-state index in [9.17, 15) is 0 Å². The van der Waals surface area contributed by atoms with Crippen LogP contribution in [0, 0.1) is 0 Å². The Morgan fingerprint density at radius 1 is 1.11 bits per heavy atom. The van der Waals surface area contributed by atoms with E-state index in [2.05, 4.69) is 34.2 Å². The molecular weight excluding hydrogens is 345 g/mol. The smallest absolute Gasteiger partial charge is 0.0417 e. The van der Waals surface area contributed by atoms with Gasteiger partial charge in [0.05, 0.1) is 0 Å². The molecule has 0 aromatic heterocycles. The molecule has 0 aliphatic rings. The maximum absolute atomic E-state index is 6.00. The highest BCUT2D eigenvalue weighted by atomic mass is 79.9. The number of nitrogens with one attached hydrogen (secondary N) is 1. The first-order valence-corrected chi connectivity index (χ1v) is 7.54. The lowest BCUT2D eigenvalue weighted by molar-refractivity contribution is 0.574. The third-order valence-corrected chi connectivity index (χ3v) is 4.17. The minimum Gasteiger partial charge on any atom is -0.306 e. The molecule has 1 N–H and O–H groups in total. The van der Waals surface area contributed by atoms with Crippen molar-refractivity contribution in [3.8, 4) is 0 Å². The second-order valence-corrected chi connectivity index (χ2v) is 6.12. The Bertz CT molecular complexity index is 572. The second-order valence-electron chi connectivity index (χ2n) is 4.39. The highest BCUT2D eigenvalue weighted by Gasteiger charge is 2.07. The van der Waals surface area contributed by atoms with Gasteiger partial charge in [-0.25, -0.2) is 0 Å². The van der Waals surface area contributed by atoms with Crippen molar-refractivity contribution in [2.24, 2.45) is 0 Å². The Kier molecular flexibility index (Phi) is 5.28.